The molecular formula is C15H22N4O3. The Bertz CT molecular complexity index is 524. The van der Waals surface area contributed by atoms with E-state index >= 15 is 0 Å². The molecule has 1 aliphatic heterocycles. The van der Waals surface area contributed by atoms with Crippen LogP contribution in [0.1, 0.15) is 34.2 Å². The zero-order chi connectivity index (χ0) is 16.1. The molecule has 0 radical (unpaired) electrons. The summed E-state index contributed by atoms with van der Waals surface area (Å²) in [6.07, 6.45) is 1.74. The van der Waals surface area contributed by atoms with E-state index in [1.807, 2.05) is 6.92 Å². The van der Waals surface area contributed by atoms with Crippen LogP contribution < -0.4 is 5.73 Å². The SMILES string of the molecule is CC[C@H](O)CN1CCN(C(=O)c2ccc(C(N)=O)cn2)CC1. The van der Waals surface area contributed by atoms with Crippen LogP contribution >= 0.6 is 0 Å². The molecule has 1 aromatic heterocycles. The van der Waals surface area contributed by atoms with Crippen LogP contribution in [0.2, 0.25) is 0 Å². The molecule has 3 N–H and O–H groups in total. The molecule has 0 saturated carbocycles. The number of hydrogen-bond acceptors (Lipinski definition) is 5. The van der Waals surface area contributed by atoms with Gasteiger partial charge in [0.05, 0.1) is 11.7 Å². The molecule has 22 heavy (non-hydrogen) atoms. The molecule has 0 aliphatic carbocycles. The molecule has 0 bridgehead atoms. The van der Waals surface area contributed by atoms with E-state index < -0.39 is 5.91 Å². The summed E-state index contributed by atoms with van der Waals surface area (Å²) in [4.78, 5) is 31.2. The highest BCUT2D eigenvalue weighted by atomic mass is 16.3. The smallest absolute Gasteiger partial charge is 0.272 e. The number of nitrogens with two attached hydrogens (primary N) is 1. The fourth-order valence-corrected chi connectivity index (χ4v) is 2.39. The van der Waals surface area contributed by atoms with Gasteiger partial charge in [0.15, 0.2) is 0 Å². The second-order valence-corrected chi connectivity index (χ2v) is 5.45. The predicted octanol–water partition coefficient (Wildman–Crippen LogP) is -0.291. The van der Waals surface area contributed by atoms with E-state index in [1.165, 1.54) is 18.3 Å². The number of carbonyl (C=O) groups is 2. The monoisotopic (exact) mass is 306 g/mol. The Morgan fingerprint density at radius 2 is 2.00 bits per heavy atom. The molecule has 2 heterocycles. The van der Waals surface area contributed by atoms with Crippen molar-refractivity contribution in [2.75, 3.05) is 32.7 Å². The second-order valence-electron chi connectivity index (χ2n) is 5.45. The summed E-state index contributed by atoms with van der Waals surface area (Å²) in [7, 11) is 0. The zero-order valence-corrected chi connectivity index (χ0v) is 12.7. The van der Waals surface area contributed by atoms with Gasteiger partial charge in [0.1, 0.15) is 5.69 Å². The number of carbonyl (C=O) groups excluding carboxylic acids is 2. The molecular weight excluding hydrogens is 284 g/mol. The molecule has 7 heteroatoms. The fraction of sp³-hybridized carbons (Fsp3) is 0.533. The third-order valence-electron chi connectivity index (χ3n) is 3.87. The van der Waals surface area contributed by atoms with Gasteiger partial charge in [-0.1, -0.05) is 6.92 Å². The summed E-state index contributed by atoms with van der Waals surface area (Å²) in [5.74, 6) is -0.707. The topological polar surface area (TPSA) is 99.8 Å². The Hall–Kier alpha value is -1.99. The lowest BCUT2D eigenvalue weighted by molar-refractivity contribution is 0.0519. The van der Waals surface area contributed by atoms with Gasteiger partial charge >= 0.3 is 0 Å². The van der Waals surface area contributed by atoms with Crippen molar-refractivity contribution in [3.63, 3.8) is 0 Å². The van der Waals surface area contributed by atoms with Crippen LogP contribution in [0.3, 0.4) is 0 Å². The molecule has 1 saturated heterocycles. The lowest BCUT2D eigenvalue weighted by atomic mass is 10.2. The van der Waals surface area contributed by atoms with E-state index in [0.717, 1.165) is 19.5 Å². The molecule has 2 amide bonds. The number of aromatic nitrogens is 1. The number of hydrogen-bond donors (Lipinski definition) is 2. The Morgan fingerprint density at radius 3 is 2.50 bits per heavy atom. The van der Waals surface area contributed by atoms with Crippen molar-refractivity contribution in [1.82, 2.24) is 14.8 Å². The van der Waals surface area contributed by atoms with Crippen molar-refractivity contribution in [2.45, 2.75) is 19.4 Å². The van der Waals surface area contributed by atoms with Crippen molar-refractivity contribution in [3.8, 4) is 0 Å². The Labute approximate surface area is 129 Å². The summed E-state index contributed by atoms with van der Waals surface area (Å²) in [6.45, 7) is 5.28. The predicted molar refractivity (Wildman–Crippen MR) is 81.4 cm³/mol. The molecule has 0 spiro atoms. The highest BCUT2D eigenvalue weighted by molar-refractivity contribution is 5.95. The number of nitrogens with zero attached hydrogens (tertiary/aromatic N) is 3. The van der Waals surface area contributed by atoms with E-state index in [4.69, 9.17) is 5.73 Å². The summed E-state index contributed by atoms with van der Waals surface area (Å²) in [5, 5.41) is 9.66. The van der Waals surface area contributed by atoms with Crippen LogP contribution in [0.4, 0.5) is 0 Å². The van der Waals surface area contributed by atoms with Gasteiger partial charge in [0, 0.05) is 38.9 Å². The second kappa shape index (κ2) is 7.33. The van der Waals surface area contributed by atoms with Gasteiger partial charge in [-0.3, -0.25) is 19.5 Å². The Kier molecular flexibility index (Phi) is 5.46. The molecule has 7 nitrogen and oxygen atoms in total. The maximum absolute atomic E-state index is 12.3. The van der Waals surface area contributed by atoms with E-state index in [2.05, 4.69) is 9.88 Å². The minimum atomic E-state index is -0.561. The molecule has 2 rings (SSSR count). The van der Waals surface area contributed by atoms with Crippen molar-refractivity contribution in [3.05, 3.63) is 29.6 Å². The molecule has 120 valence electrons. The third-order valence-corrected chi connectivity index (χ3v) is 3.87. The highest BCUT2D eigenvalue weighted by Gasteiger charge is 2.23. The van der Waals surface area contributed by atoms with Gasteiger partial charge in [-0.05, 0) is 18.6 Å². The first-order chi connectivity index (χ1) is 10.5. The largest absolute Gasteiger partial charge is 0.392 e. The van der Waals surface area contributed by atoms with Crippen molar-refractivity contribution >= 4 is 11.8 Å². The molecule has 1 fully saturated rings. The standard InChI is InChI=1S/C15H22N4O3/c1-2-12(20)10-18-5-7-19(8-6-18)15(22)13-4-3-11(9-17-13)14(16)21/h3-4,9,12,20H,2,5-8,10H2,1H3,(H2,16,21)/t12-/m0/s1. The number of primary amides is 1. The lowest BCUT2D eigenvalue weighted by Gasteiger charge is -2.35. The third kappa shape index (κ3) is 4.02. The maximum Gasteiger partial charge on any atom is 0.272 e. The summed E-state index contributed by atoms with van der Waals surface area (Å²) < 4.78 is 0. The minimum absolute atomic E-state index is 0.147. The van der Waals surface area contributed by atoms with Gasteiger partial charge < -0.3 is 15.7 Å². The van der Waals surface area contributed by atoms with Gasteiger partial charge in [-0.25, -0.2) is 0 Å². The number of amides is 2. The van der Waals surface area contributed by atoms with Crippen LogP contribution in [0, 0.1) is 0 Å². The summed E-state index contributed by atoms with van der Waals surface area (Å²) in [5.41, 5.74) is 5.75. The lowest BCUT2D eigenvalue weighted by Crippen LogP contribution is -2.50. The van der Waals surface area contributed by atoms with Crippen LogP contribution in [-0.4, -0.2) is 70.5 Å². The maximum atomic E-state index is 12.3. The van der Waals surface area contributed by atoms with E-state index in [0.29, 0.717) is 25.3 Å². The van der Waals surface area contributed by atoms with Gasteiger partial charge in [0.25, 0.3) is 5.91 Å². The fourth-order valence-electron chi connectivity index (χ4n) is 2.39. The van der Waals surface area contributed by atoms with Gasteiger partial charge in [-0.2, -0.15) is 0 Å². The number of pyridine rings is 1. The van der Waals surface area contributed by atoms with Crippen LogP contribution in [0.15, 0.2) is 18.3 Å². The van der Waals surface area contributed by atoms with Crippen LogP contribution in [0.25, 0.3) is 0 Å². The molecule has 1 atom stereocenters. The molecule has 1 aromatic rings. The van der Waals surface area contributed by atoms with Crippen LogP contribution in [0.5, 0.6) is 0 Å². The Morgan fingerprint density at radius 1 is 1.32 bits per heavy atom. The number of piperazine rings is 1. The molecule has 0 unspecified atom stereocenters. The quantitative estimate of drug-likeness (QED) is 0.778. The van der Waals surface area contributed by atoms with Gasteiger partial charge in [0.2, 0.25) is 5.91 Å². The average Bonchev–Trinajstić information content (AvgIpc) is 2.55. The van der Waals surface area contributed by atoms with Crippen molar-refractivity contribution < 1.29 is 14.7 Å². The number of rotatable bonds is 5. The summed E-state index contributed by atoms with van der Waals surface area (Å²) >= 11 is 0. The number of aliphatic hydroxyl groups excluding tert-OH is 1. The van der Waals surface area contributed by atoms with E-state index in [1.54, 1.807) is 4.90 Å². The van der Waals surface area contributed by atoms with E-state index in [-0.39, 0.29) is 17.6 Å². The number of β-amino-alcohol motifs (C(OH)–C–C–N with tert-alkyl or cyclic N) is 1. The first-order valence-corrected chi connectivity index (χ1v) is 7.46. The zero-order valence-electron chi connectivity index (χ0n) is 12.7. The van der Waals surface area contributed by atoms with E-state index in [9.17, 15) is 14.7 Å². The molecule has 0 aromatic carbocycles. The number of aliphatic hydroxyl groups is 1. The minimum Gasteiger partial charge on any atom is -0.392 e. The first-order valence-electron chi connectivity index (χ1n) is 7.46. The molecule has 1 aliphatic rings. The average molecular weight is 306 g/mol. The highest BCUT2D eigenvalue weighted by Crippen LogP contribution is 2.09. The normalized spacial score (nSPS) is 17.3. The summed E-state index contributed by atoms with van der Waals surface area (Å²) in [6, 6.07) is 3.03. The van der Waals surface area contributed by atoms with Crippen molar-refractivity contribution in [2.24, 2.45) is 5.73 Å². The van der Waals surface area contributed by atoms with Crippen molar-refractivity contribution in [1.29, 1.82) is 0 Å². The first kappa shape index (κ1) is 16.4. The van der Waals surface area contributed by atoms with Gasteiger partial charge in [-0.15, -0.1) is 0 Å². The Balaban J connectivity index is 1.90. The van der Waals surface area contributed by atoms with Crippen LogP contribution in [-0.2, 0) is 0 Å².